The number of aliphatic hydroxyl groups excluding tert-OH is 1. The number of carbonyl (C=O) groups excluding carboxylic acids is 2. The van der Waals surface area contributed by atoms with Gasteiger partial charge < -0.3 is 14.6 Å². The number of carbonyl (C=O) groups is 2. The highest BCUT2D eigenvalue weighted by Crippen LogP contribution is 2.19. The van der Waals surface area contributed by atoms with E-state index in [0.717, 1.165) is 44.9 Å². The lowest BCUT2D eigenvalue weighted by molar-refractivity contribution is -0.161. The van der Waals surface area contributed by atoms with Crippen LogP contribution in [0.15, 0.2) is 48.6 Å². The van der Waals surface area contributed by atoms with Gasteiger partial charge in [-0.05, 0) is 77.0 Å². The summed E-state index contributed by atoms with van der Waals surface area (Å²) >= 11 is 0. The number of ether oxygens (including phenoxy) is 2. The van der Waals surface area contributed by atoms with Gasteiger partial charge in [0.2, 0.25) is 0 Å². The molecule has 1 unspecified atom stereocenters. The predicted octanol–water partition coefficient (Wildman–Crippen LogP) is 26.7. The highest BCUT2D eigenvalue weighted by atomic mass is 16.6. The van der Waals surface area contributed by atoms with Crippen molar-refractivity contribution in [1.82, 2.24) is 0 Å². The van der Waals surface area contributed by atoms with E-state index in [1.807, 2.05) is 0 Å². The molecule has 0 spiro atoms. The van der Waals surface area contributed by atoms with Crippen molar-refractivity contribution in [2.45, 2.75) is 431 Å². The molecule has 0 saturated heterocycles. The number of unbranched alkanes of at least 4 members (excludes halogenated alkanes) is 56. The van der Waals surface area contributed by atoms with Crippen LogP contribution in [0.3, 0.4) is 0 Å². The monoisotopic (exact) mass is 1180 g/mol. The molecule has 84 heavy (non-hydrogen) atoms. The van der Waals surface area contributed by atoms with Crippen LogP contribution in [0.4, 0.5) is 0 Å². The standard InChI is InChI=1S/C79H148O5/c1-3-5-7-9-11-13-15-17-19-21-23-25-27-29-31-33-34-35-36-37-38-39-40-41-42-43-44-46-48-50-52-54-56-58-60-62-64-66-68-70-72-74-79(82)84-77(75-80)76-83-78(81)73-71-69-67-65-63-61-59-57-55-53-51-49-47-45-32-30-28-26-24-22-20-18-16-14-12-10-8-6-4-2/h15,17,21-24,27,29,77,80H,3-14,16,18-20,25-26,28,30-76H2,1-2H3/b17-15-,23-21-,24-22-,29-27-. The van der Waals surface area contributed by atoms with Crippen molar-refractivity contribution in [1.29, 1.82) is 0 Å². The Balaban J connectivity index is 3.37. The molecule has 0 rings (SSSR count). The lowest BCUT2D eigenvalue weighted by atomic mass is 10.0. The minimum atomic E-state index is -0.770. The van der Waals surface area contributed by atoms with Crippen molar-refractivity contribution < 1.29 is 24.2 Å². The summed E-state index contributed by atoms with van der Waals surface area (Å²) in [7, 11) is 0. The van der Waals surface area contributed by atoms with E-state index in [4.69, 9.17) is 9.47 Å². The third-order valence-electron chi connectivity index (χ3n) is 17.6. The molecule has 0 aliphatic rings. The topological polar surface area (TPSA) is 72.8 Å². The molecule has 494 valence electrons. The molecule has 1 atom stereocenters. The van der Waals surface area contributed by atoms with Crippen molar-refractivity contribution in [2.75, 3.05) is 13.2 Å². The fourth-order valence-electron chi connectivity index (χ4n) is 11.9. The Hall–Kier alpha value is -2.14. The Kier molecular flexibility index (Phi) is 73.2. The number of esters is 2. The lowest BCUT2D eigenvalue weighted by Gasteiger charge is -2.15. The van der Waals surface area contributed by atoms with Crippen LogP contribution in [-0.4, -0.2) is 36.4 Å². The summed E-state index contributed by atoms with van der Waals surface area (Å²) in [5, 5.41) is 9.72. The molecule has 0 aromatic rings. The van der Waals surface area contributed by atoms with E-state index in [1.165, 1.54) is 353 Å². The second-order valence-corrected chi connectivity index (χ2v) is 26.1. The summed E-state index contributed by atoms with van der Waals surface area (Å²) < 4.78 is 10.8. The Morgan fingerprint density at radius 3 is 0.726 bits per heavy atom. The van der Waals surface area contributed by atoms with Crippen LogP contribution in [0.5, 0.6) is 0 Å². The number of allylic oxidation sites excluding steroid dienone is 8. The van der Waals surface area contributed by atoms with Gasteiger partial charge in [0.05, 0.1) is 6.61 Å². The van der Waals surface area contributed by atoms with Gasteiger partial charge in [0.25, 0.3) is 0 Å². The number of hydrogen-bond donors (Lipinski definition) is 1. The maximum atomic E-state index is 12.4. The zero-order valence-corrected chi connectivity index (χ0v) is 56.9. The van der Waals surface area contributed by atoms with Crippen molar-refractivity contribution in [2.24, 2.45) is 0 Å². The highest BCUT2D eigenvalue weighted by molar-refractivity contribution is 5.70. The molecule has 0 aliphatic heterocycles. The number of rotatable bonds is 72. The van der Waals surface area contributed by atoms with Crippen LogP contribution < -0.4 is 0 Å². The fourth-order valence-corrected chi connectivity index (χ4v) is 11.9. The molecule has 0 heterocycles. The first-order valence-electron chi connectivity index (χ1n) is 38.2. The molecule has 0 amide bonds. The molecule has 0 aromatic carbocycles. The van der Waals surface area contributed by atoms with Gasteiger partial charge in [0.15, 0.2) is 6.10 Å². The Morgan fingerprint density at radius 2 is 0.476 bits per heavy atom. The van der Waals surface area contributed by atoms with Gasteiger partial charge in [-0.15, -0.1) is 0 Å². The summed E-state index contributed by atoms with van der Waals surface area (Å²) in [6.07, 6.45) is 102. The smallest absolute Gasteiger partial charge is 0.306 e. The molecule has 5 nitrogen and oxygen atoms in total. The average Bonchev–Trinajstić information content (AvgIpc) is 3.51. The normalized spacial score (nSPS) is 12.4. The van der Waals surface area contributed by atoms with Gasteiger partial charge >= 0.3 is 11.9 Å². The summed E-state index contributed by atoms with van der Waals surface area (Å²) in [5.41, 5.74) is 0. The van der Waals surface area contributed by atoms with Crippen LogP contribution in [0.25, 0.3) is 0 Å². The van der Waals surface area contributed by atoms with Gasteiger partial charge in [-0.1, -0.05) is 383 Å². The Bertz CT molecular complexity index is 1380. The third-order valence-corrected chi connectivity index (χ3v) is 17.6. The quantitative estimate of drug-likeness (QED) is 0.0373. The molecule has 1 N–H and O–H groups in total. The molecule has 0 aromatic heterocycles. The summed E-state index contributed by atoms with van der Waals surface area (Å²) in [6, 6.07) is 0. The number of aliphatic hydroxyl groups is 1. The lowest BCUT2D eigenvalue weighted by Crippen LogP contribution is -2.28. The second kappa shape index (κ2) is 75.1. The van der Waals surface area contributed by atoms with Gasteiger partial charge in [-0.25, -0.2) is 0 Å². The third kappa shape index (κ3) is 72.3. The van der Waals surface area contributed by atoms with Crippen LogP contribution >= 0.6 is 0 Å². The van der Waals surface area contributed by atoms with Crippen molar-refractivity contribution in [3.63, 3.8) is 0 Å². The predicted molar refractivity (Wildman–Crippen MR) is 371 cm³/mol. The van der Waals surface area contributed by atoms with Crippen LogP contribution in [0.1, 0.15) is 425 Å². The van der Waals surface area contributed by atoms with E-state index in [-0.39, 0.29) is 25.2 Å². The molecule has 0 saturated carbocycles. The van der Waals surface area contributed by atoms with Crippen LogP contribution in [-0.2, 0) is 19.1 Å². The first-order valence-corrected chi connectivity index (χ1v) is 38.2. The van der Waals surface area contributed by atoms with Crippen LogP contribution in [0, 0.1) is 0 Å². The van der Waals surface area contributed by atoms with Gasteiger partial charge in [0, 0.05) is 12.8 Å². The zero-order chi connectivity index (χ0) is 60.5. The van der Waals surface area contributed by atoms with Crippen molar-refractivity contribution in [3.8, 4) is 0 Å². The van der Waals surface area contributed by atoms with E-state index in [1.54, 1.807) is 0 Å². The molecule has 0 fully saturated rings. The largest absolute Gasteiger partial charge is 0.462 e. The molecular weight excluding hydrogens is 1030 g/mol. The van der Waals surface area contributed by atoms with Crippen molar-refractivity contribution >= 4 is 11.9 Å². The average molecular weight is 1180 g/mol. The summed E-state index contributed by atoms with van der Waals surface area (Å²) in [4.78, 5) is 24.7. The zero-order valence-electron chi connectivity index (χ0n) is 56.9. The van der Waals surface area contributed by atoms with Crippen LogP contribution in [0.2, 0.25) is 0 Å². The highest BCUT2D eigenvalue weighted by Gasteiger charge is 2.16. The van der Waals surface area contributed by atoms with E-state index >= 15 is 0 Å². The maximum Gasteiger partial charge on any atom is 0.306 e. The van der Waals surface area contributed by atoms with E-state index < -0.39 is 6.10 Å². The first kappa shape index (κ1) is 81.9. The minimum Gasteiger partial charge on any atom is -0.462 e. The summed E-state index contributed by atoms with van der Waals surface area (Å²) in [5.74, 6) is -0.564. The second-order valence-electron chi connectivity index (χ2n) is 26.1. The molecular formula is C79H148O5. The summed E-state index contributed by atoms with van der Waals surface area (Å²) in [6.45, 7) is 4.19. The van der Waals surface area contributed by atoms with Crippen molar-refractivity contribution in [3.05, 3.63) is 48.6 Å². The minimum absolute atomic E-state index is 0.0592. The van der Waals surface area contributed by atoms with Gasteiger partial charge in [-0.3, -0.25) is 9.59 Å². The Morgan fingerprint density at radius 1 is 0.274 bits per heavy atom. The molecule has 0 radical (unpaired) electrons. The van der Waals surface area contributed by atoms with E-state index in [0.29, 0.717) is 12.8 Å². The molecule has 5 heteroatoms. The molecule has 0 bridgehead atoms. The van der Waals surface area contributed by atoms with Gasteiger partial charge in [0.1, 0.15) is 6.61 Å². The SMILES string of the molecule is CCCCCCC/C=C\C/C=C\C/C=C\CCCCCCCCCCCCCCCCCCCCCCCCCCCCC(=O)OC(CO)COC(=O)CCCCCCCCCCCCCCCCCCC/C=C\CCCCCCCCCC. The fraction of sp³-hybridized carbons (Fsp3) is 0.873. The van der Waals surface area contributed by atoms with E-state index in [2.05, 4.69) is 62.5 Å². The first-order chi connectivity index (χ1) is 41.6. The Labute approximate surface area is 526 Å². The van der Waals surface area contributed by atoms with E-state index in [9.17, 15) is 14.7 Å². The van der Waals surface area contributed by atoms with Gasteiger partial charge in [-0.2, -0.15) is 0 Å². The maximum absolute atomic E-state index is 12.4. The molecule has 0 aliphatic carbocycles. The number of hydrogen-bond acceptors (Lipinski definition) is 5.